The summed E-state index contributed by atoms with van der Waals surface area (Å²) in [7, 11) is 0. The van der Waals surface area contributed by atoms with Gasteiger partial charge in [-0.25, -0.2) is 4.39 Å². The summed E-state index contributed by atoms with van der Waals surface area (Å²) in [6.07, 6.45) is 0. The standard InChI is InChI=1S/C5H10F2O2/c1-5(2,9-7)3-8-4-6/h3-4H2,1-2H3. The summed E-state index contributed by atoms with van der Waals surface area (Å²) in [4.78, 5) is 3.45. The van der Waals surface area contributed by atoms with Gasteiger partial charge in [-0.15, -0.1) is 0 Å². The van der Waals surface area contributed by atoms with Crippen molar-refractivity contribution < 1.29 is 18.6 Å². The molecule has 0 N–H and O–H groups in total. The molecule has 2 nitrogen and oxygen atoms in total. The lowest BCUT2D eigenvalue weighted by Gasteiger charge is -2.16. The summed E-state index contributed by atoms with van der Waals surface area (Å²) in [5.74, 6) is 0. The van der Waals surface area contributed by atoms with Gasteiger partial charge in [-0.3, -0.25) is 0 Å². The van der Waals surface area contributed by atoms with Crippen molar-refractivity contribution >= 4 is 0 Å². The Morgan fingerprint density at radius 2 is 2.00 bits per heavy atom. The molecule has 0 saturated carbocycles. The third-order valence-corrected chi connectivity index (χ3v) is 0.736. The zero-order valence-corrected chi connectivity index (χ0v) is 5.49. The van der Waals surface area contributed by atoms with Crippen LogP contribution in [0.15, 0.2) is 0 Å². The van der Waals surface area contributed by atoms with Gasteiger partial charge in [0.15, 0.2) is 6.86 Å². The molecule has 0 saturated heterocycles. The van der Waals surface area contributed by atoms with Gasteiger partial charge >= 0.3 is 0 Å². The fraction of sp³-hybridized carbons (Fsp3) is 1.00. The third-order valence-electron chi connectivity index (χ3n) is 0.736. The first-order chi connectivity index (χ1) is 4.12. The second-order valence-electron chi connectivity index (χ2n) is 2.29. The highest BCUT2D eigenvalue weighted by Crippen LogP contribution is 2.09. The first-order valence-corrected chi connectivity index (χ1v) is 2.56. The predicted molar refractivity (Wildman–Crippen MR) is 28.2 cm³/mol. The Morgan fingerprint density at radius 1 is 1.44 bits per heavy atom. The summed E-state index contributed by atoms with van der Waals surface area (Å²) < 4.78 is 26.9. The Balaban J connectivity index is 3.33. The number of hydrogen-bond donors (Lipinski definition) is 0. The number of alkyl halides is 1. The van der Waals surface area contributed by atoms with Crippen LogP contribution < -0.4 is 0 Å². The van der Waals surface area contributed by atoms with Gasteiger partial charge in [0.2, 0.25) is 0 Å². The van der Waals surface area contributed by atoms with Crippen LogP contribution >= 0.6 is 0 Å². The maximum absolute atomic E-state index is 11.4. The van der Waals surface area contributed by atoms with Crippen LogP contribution in [-0.4, -0.2) is 19.1 Å². The molecule has 0 amide bonds. The molecule has 0 atom stereocenters. The minimum absolute atomic E-state index is 0.0833. The molecule has 9 heavy (non-hydrogen) atoms. The van der Waals surface area contributed by atoms with Crippen LogP contribution in [0.25, 0.3) is 0 Å². The molecule has 0 aliphatic rings. The fourth-order valence-electron chi connectivity index (χ4n) is 0.307. The average molecular weight is 140 g/mol. The van der Waals surface area contributed by atoms with Crippen molar-refractivity contribution in [1.82, 2.24) is 0 Å². The molecular formula is C5H10F2O2. The van der Waals surface area contributed by atoms with E-state index in [9.17, 15) is 8.92 Å². The van der Waals surface area contributed by atoms with E-state index in [4.69, 9.17) is 0 Å². The van der Waals surface area contributed by atoms with Crippen LogP contribution in [0.2, 0.25) is 0 Å². The molecule has 0 radical (unpaired) electrons. The maximum Gasteiger partial charge on any atom is 0.188 e. The van der Waals surface area contributed by atoms with E-state index in [2.05, 4.69) is 9.68 Å². The fourth-order valence-corrected chi connectivity index (χ4v) is 0.307. The highest BCUT2D eigenvalue weighted by molar-refractivity contribution is 4.63. The average Bonchev–Trinajstić information content (AvgIpc) is 1.84. The van der Waals surface area contributed by atoms with E-state index in [1.165, 1.54) is 13.8 Å². The van der Waals surface area contributed by atoms with E-state index < -0.39 is 12.5 Å². The van der Waals surface area contributed by atoms with Crippen molar-refractivity contribution in [3.8, 4) is 0 Å². The molecule has 0 bridgehead atoms. The van der Waals surface area contributed by atoms with Crippen LogP contribution in [-0.2, 0) is 9.68 Å². The summed E-state index contributed by atoms with van der Waals surface area (Å²) >= 11 is 0. The Kier molecular flexibility index (Phi) is 3.65. The van der Waals surface area contributed by atoms with Crippen LogP contribution in [0.3, 0.4) is 0 Å². The highest BCUT2D eigenvalue weighted by Gasteiger charge is 2.19. The van der Waals surface area contributed by atoms with Crippen molar-refractivity contribution in [2.75, 3.05) is 13.5 Å². The SMILES string of the molecule is CC(C)(COCF)OF. The zero-order chi connectivity index (χ0) is 7.33. The van der Waals surface area contributed by atoms with E-state index in [1.54, 1.807) is 0 Å². The van der Waals surface area contributed by atoms with Crippen LogP contribution in [0.1, 0.15) is 13.8 Å². The Bertz CT molecular complexity index is 75.4. The van der Waals surface area contributed by atoms with Gasteiger partial charge < -0.3 is 4.74 Å². The van der Waals surface area contributed by atoms with Crippen LogP contribution in [0.5, 0.6) is 0 Å². The maximum atomic E-state index is 11.4. The smallest absolute Gasteiger partial charge is 0.188 e. The molecule has 0 aliphatic carbocycles. The van der Waals surface area contributed by atoms with Crippen molar-refractivity contribution in [3.05, 3.63) is 0 Å². The van der Waals surface area contributed by atoms with E-state index in [0.717, 1.165) is 0 Å². The lowest BCUT2D eigenvalue weighted by molar-refractivity contribution is -0.241. The molecule has 0 fully saturated rings. The van der Waals surface area contributed by atoms with Gasteiger partial charge in [-0.2, -0.15) is 4.94 Å². The zero-order valence-electron chi connectivity index (χ0n) is 5.49. The molecule has 0 aromatic carbocycles. The van der Waals surface area contributed by atoms with Gasteiger partial charge in [0.1, 0.15) is 5.60 Å². The summed E-state index contributed by atoms with van der Waals surface area (Å²) in [5.41, 5.74) is -1.04. The largest absolute Gasteiger partial charge is 0.347 e. The lowest BCUT2D eigenvalue weighted by Crippen LogP contribution is -2.27. The highest BCUT2D eigenvalue weighted by atomic mass is 19.3. The van der Waals surface area contributed by atoms with E-state index in [1.807, 2.05) is 0 Å². The van der Waals surface area contributed by atoms with Crippen molar-refractivity contribution in [2.24, 2.45) is 0 Å². The van der Waals surface area contributed by atoms with Crippen LogP contribution in [0.4, 0.5) is 8.92 Å². The molecule has 56 valence electrons. The minimum atomic E-state index is -1.04. The molecule has 0 spiro atoms. The number of rotatable bonds is 4. The van der Waals surface area contributed by atoms with Crippen LogP contribution in [0, 0.1) is 0 Å². The van der Waals surface area contributed by atoms with E-state index >= 15 is 0 Å². The van der Waals surface area contributed by atoms with Gasteiger partial charge in [-0.1, -0.05) is 0 Å². The summed E-state index contributed by atoms with van der Waals surface area (Å²) in [6, 6.07) is 0. The third kappa shape index (κ3) is 4.29. The van der Waals surface area contributed by atoms with Crippen molar-refractivity contribution in [2.45, 2.75) is 19.4 Å². The number of halogens is 2. The summed E-state index contributed by atoms with van der Waals surface area (Å²) in [6.45, 7) is 1.93. The Labute approximate surface area is 52.7 Å². The second kappa shape index (κ2) is 3.74. The number of ether oxygens (including phenoxy) is 1. The molecular weight excluding hydrogens is 130 g/mol. The first-order valence-electron chi connectivity index (χ1n) is 2.56. The van der Waals surface area contributed by atoms with E-state index in [0.29, 0.717) is 0 Å². The van der Waals surface area contributed by atoms with Gasteiger partial charge in [-0.05, 0) is 18.4 Å². The summed E-state index contributed by atoms with van der Waals surface area (Å²) in [5, 5.41) is 0. The quantitative estimate of drug-likeness (QED) is 0.590. The first kappa shape index (κ1) is 8.78. The topological polar surface area (TPSA) is 18.5 Å². The molecule has 0 aliphatic heterocycles. The Morgan fingerprint density at radius 3 is 2.33 bits per heavy atom. The lowest BCUT2D eigenvalue weighted by atomic mass is 10.2. The molecule has 0 aromatic heterocycles. The van der Waals surface area contributed by atoms with Crippen molar-refractivity contribution in [1.29, 1.82) is 0 Å². The normalized spacial score (nSPS) is 12.0. The number of hydrogen-bond acceptors (Lipinski definition) is 2. The predicted octanol–water partition coefficient (Wildman–Crippen LogP) is 1.61. The van der Waals surface area contributed by atoms with E-state index in [-0.39, 0.29) is 6.61 Å². The Hall–Kier alpha value is -0.220. The van der Waals surface area contributed by atoms with Gasteiger partial charge in [0.05, 0.1) is 6.61 Å². The molecule has 0 rings (SSSR count). The van der Waals surface area contributed by atoms with Gasteiger partial charge in [0, 0.05) is 0 Å². The monoisotopic (exact) mass is 140 g/mol. The van der Waals surface area contributed by atoms with Crippen molar-refractivity contribution in [3.63, 3.8) is 0 Å². The molecule has 4 heteroatoms. The molecule has 0 unspecified atom stereocenters. The second-order valence-corrected chi connectivity index (χ2v) is 2.29. The molecule has 0 heterocycles. The van der Waals surface area contributed by atoms with Gasteiger partial charge in [0.25, 0.3) is 0 Å². The minimum Gasteiger partial charge on any atom is -0.347 e. The molecule has 0 aromatic rings.